The second kappa shape index (κ2) is 6.09. The number of benzene rings is 2. The van der Waals surface area contributed by atoms with Gasteiger partial charge in [-0.25, -0.2) is 0 Å². The number of halogens is 1. The summed E-state index contributed by atoms with van der Waals surface area (Å²) < 4.78 is 5.92. The number of ether oxygens (including phenoxy) is 1. The maximum atomic E-state index is 6.10. The highest BCUT2D eigenvalue weighted by atomic mass is 35.5. The molecular weight excluding hydrogens is 258 g/mol. The van der Waals surface area contributed by atoms with Crippen molar-refractivity contribution < 1.29 is 4.74 Å². The maximum Gasteiger partial charge on any atom is 0.138 e. The number of nitrogens with two attached hydrogens (primary N) is 1. The molecule has 0 spiro atoms. The van der Waals surface area contributed by atoms with E-state index in [-0.39, 0.29) is 6.10 Å². The quantitative estimate of drug-likeness (QED) is 0.914. The fourth-order valence-electron chi connectivity index (χ4n) is 1.91. The summed E-state index contributed by atoms with van der Waals surface area (Å²) in [4.78, 5) is 0. The molecule has 1 atom stereocenters. The third-order valence-electron chi connectivity index (χ3n) is 3.22. The third kappa shape index (κ3) is 3.28. The molecule has 2 aromatic carbocycles. The van der Waals surface area contributed by atoms with E-state index in [1.54, 1.807) is 0 Å². The van der Waals surface area contributed by atoms with E-state index in [0.717, 1.165) is 5.56 Å². The highest BCUT2D eigenvalue weighted by Gasteiger charge is 2.13. The lowest BCUT2D eigenvalue weighted by molar-refractivity contribution is 0.214. The van der Waals surface area contributed by atoms with Crippen molar-refractivity contribution in [1.29, 1.82) is 0 Å². The molecule has 0 fully saturated rings. The minimum atomic E-state index is -0.181. The summed E-state index contributed by atoms with van der Waals surface area (Å²) in [5, 5.41) is 0.602. The largest absolute Gasteiger partial charge is 0.483 e. The van der Waals surface area contributed by atoms with E-state index >= 15 is 0 Å². The Labute approximate surface area is 119 Å². The monoisotopic (exact) mass is 275 g/mol. The van der Waals surface area contributed by atoms with E-state index in [9.17, 15) is 0 Å². The van der Waals surface area contributed by atoms with Gasteiger partial charge in [-0.2, -0.15) is 0 Å². The van der Waals surface area contributed by atoms with Crippen LogP contribution < -0.4 is 10.5 Å². The Morgan fingerprint density at radius 3 is 2.47 bits per heavy atom. The topological polar surface area (TPSA) is 35.2 Å². The van der Waals surface area contributed by atoms with Gasteiger partial charge in [0.05, 0.1) is 5.02 Å². The summed E-state index contributed by atoms with van der Waals surface area (Å²) in [6.07, 6.45) is -0.181. The molecule has 2 aromatic rings. The molecular formula is C16H18ClNO. The van der Waals surface area contributed by atoms with Crippen LogP contribution in [0, 0.1) is 13.8 Å². The Balaban J connectivity index is 2.25. The third-order valence-corrected chi connectivity index (χ3v) is 3.53. The van der Waals surface area contributed by atoms with Crippen molar-refractivity contribution in [3.8, 4) is 5.75 Å². The van der Waals surface area contributed by atoms with Gasteiger partial charge in [0.2, 0.25) is 0 Å². The van der Waals surface area contributed by atoms with E-state index in [4.69, 9.17) is 22.1 Å². The van der Waals surface area contributed by atoms with E-state index in [0.29, 0.717) is 17.3 Å². The highest BCUT2D eigenvalue weighted by Crippen LogP contribution is 2.28. The molecule has 19 heavy (non-hydrogen) atoms. The first kappa shape index (κ1) is 13.9. The van der Waals surface area contributed by atoms with Crippen LogP contribution in [0.4, 0.5) is 0 Å². The Morgan fingerprint density at radius 1 is 1.11 bits per heavy atom. The summed E-state index contributed by atoms with van der Waals surface area (Å²) in [5.41, 5.74) is 9.39. The van der Waals surface area contributed by atoms with Crippen LogP contribution in [0.2, 0.25) is 5.02 Å². The molecule has 0 aliphatic carbocycles. The van der Waals surface area contributed by atoms with Crippen LogP contribution >= 0.6 is 11.6 Å². The molecule has 0 aliphatic heterocycles. The molecule has 2 rings (SSSR count). The molecule has 2 N–H and O–H groups in total. The number of hydrogen-bond acceptors (Lipinski definition) is 2. The summed E-state index contributed by atoms with van der Waals surface area (Å²) in [5.74, 6) is 0.665. The van der Waals surface area contributed by atoms with Crippen molar-refractivity contribution in [2.24, 2.45) is 5.73 Å². The molecule has 0 saturated carbocycles. The number of rotatable bonds is 4. The van der Waals surface area contributed by atoms with Gasteiger partial charge in [0.15, 0.2) is 0 Å². The average molecular weight is 276 g/mol. The Morgan fingerprint density at radius 2 is 1.84 bits per heavy atom. The zero-order valence-electron chi connectivity index (χ0n) is 11.2. The average Bonchev–Trinajstić information content (AvgIpc) is 2.41. The van der Waals surface area contributed by atoms with Crippen molar-refractivity contribution in [2.45, 2.75) is 20.0 Å². The van der Waals surface area contributed by atoms with Gasteiger partial charge in [0.1, 0.15) is 11.9 Å². The van der Waals surface area contributed by atoms with Crippen LogP contribution in [0.3, 0.4) is 0 Å². The van der Waals surface area contributed by atoms with Gasteiger partial charge in [-0.05, 0) is 42.7 Å². The molecule has 0 aliphatic rings. The van der Waals surface area contributed by atoms with Crippen LogP contribution in [0.15, 0.2) is 42.5 Å². The standard InChI is InChI=1S/C16H18ClNO/c1-11-7-8-13(9-12(11)2)16(10-18)19-15-6-4-3-5-14(15)17/h3-9,16H,10,18H2,1-2H3. The first-order chi connectivity index (χ1) is 9.11. The van der Waals surface area contributed by atoms with Gasteiger partial charge in [-0.3, -0.25) is 0 Å². The number of hydrogen-bond donors (Lipinski definition) is 1. The molecule has 0 amide bonds. The SMILES string of the molecule is Cc1ccc(C(CN)Oc2ccccc2Cl)cc1C. The number of para-hydroxylation sites is 1. The minimum absolute atomic E-state index is 0.181. The van der Waals surface area contributed by atoms with Crippen molar-refractivity contribution in [2.75, 3.05) is 6.54 Å². The lowest BCUT2D eigenvalue weighted by atomic mass is 10.0. The number of aryl methyl sites for hydroxylation is 2. The van der Waals surface area contributed by atoms with E-state index in [1.165, 1.54) is 11.1 Å². The van der Waals surface area contributed by atoms with Crippen molar-refractivity contribution in [3.63, 3.8) is 0 Å². The molecule has 2 nitrogen and oxygen atoms in total. The van der Waals surface area contributed by atoms with E-state index in [2.05, 4.69) is 32.0 Å². The normalized spacial score (nSPS) is 12.2. The van der Waals surface area contributed by atoms with Crippen molar-refractivity contribution in [3.05, 3.63) is 64.2 Å². The zero-order chi connectivity index (χ0) is 13.8. The van der Waals surface area contributed by atoms with Crippen LogP contribution in [-0.4, -0.2) is 6.54 Å². The van der Waals surface area contributed by atoms with E-state index in [1.807, 2.05) is 24.3 Å². The Kier molecular flexibility index (Phi) is 4.46. The van der Waals surface area contributed by atoms with Gasteiger partial charge in [0, 0.05) is 6.54 Å². The molecule has 0 bridgehead atoms. The lowest BCUT2D eigenvalue weighted by Crippen LogP contribution is -2.18. The first-order valence-corrected chi connectivity index (χ1v) is 6.68. The van der Waals surface area contributed by atoms with Gasteiger partial charge in [0.25, 0.3) is 0 Å². The lowest BCUT2D eigenvalue weighted by Gasteiger charge is -2.19. The van der Waals surface area contributed by atoms with Crippen LogP contribution in [0.1, 0.15) is 22.8 Å². The predicted octanol–water partition coefficient (Wildman–Crippen LogP) is 4.04. The van der Waals surface area contributed by atoms with Crippen LogP contribution in [0.5, 0.6) is 5.75 Å². The Bertz CT molecular complexity index is 568. The fraction of sp³-hybridized carbons (Fsp3) is 0.250. The van der Waals surface area contributed by atoms with Crippen LogP contribution in [0.25, 0.3) is 0 Å². The molecule has 0 aromatic heterocycles. The smallest absolute Gasteiger partial charge is 0.138 e. The maximum absolute atomic E-state index is 6.10. The van der Waals surface area contributed by atoms with Gasteiger partial charge >= 0.3 is 0 Å². The summed E-state index contributed by atoms with van der Waals surface area (Å²) in [7, 11) is 0. The predicted molar refractivity (Wildman–Crippen MR) is 79.8 cm³/mol. The van der Waals surface area contributed by atoms with Crippen molar-refractivity contribution in [1.82, 2.24) is 0 Å². The molecule has 0 heterocycles. The molecule has 0 radical (unpaired) electrons. The molecule has 3 heteroatoms. The summed E-state index contributed by atoms with van der Waals surface area (Å²) in [6, 6.07) is 13.7. The minimum Gasteiger partial charge on any atom is -0.483 e. The van der Waals surface area contributed by atoms with Gasteiger partial charge < -0.3 is 10.5 Å². The molecule has 100 valence electrons. The van der Waals surface area contributed by atoms with E-state index < -0.39 is 0 Å². The fourth-order valence-corrected chi connectivity index (χ4v) is 2.09. The van der Waals surface area contributed by atoms with Crippen molar-refractivity contribution >= 4 is 11.6 Å². The van der Waals surface area contributed by atoms with Gasteiger partial charge in [-0.15, -0.1) is 0 Å². The van der Waals surface area contributed by atoms with Gasteiger partial charge in [-0.1, -0.05) is 41.9 Å². The molecule has 0 saturated heterocycles. The second-order valence-corrected chi connectivity index (χ2v) is 5.02. The molecule has 1 unspecified atom stereocenters. The summed E-state index contributed by atoms with van der Waals surface area (Å²) in [6.45, 7) is 4.58. The first-order valence-electron chi connectivity index (χ1n) is 6.30. The van der Waals surface area contributed by atoms with Crippen LogP contribution in [-0.2, 0) is 0 Å². The zero-order valence-corrected chi connectivity index (χ0v) is 11.9. The highest BCUT2D eigenvalue weighted by molar-refractivity contribution is 6.32. The Hall–Kier alpha value is -1.51. The second-order valence-electron chi connectivity index (χ2n) is 4.62. The summed E-state index contributed by atoms with van der Waals surface area (Å²) >= 11 is 6.10.